The summed E-state index contributed by atoms with van der Waals surface area (Å²) in [5.41, 5.74) is 8.50. The summed E-state index contributed by atoms with van der Waals surface area (Å²) in [6.45, 7) is 2.99. The monoisotopic (exact) mass is 287 g/mol. The van der Waals surface area contributed by atoms with Crippen molar-refractivity contribution in [3.8, 4) is 0 Å². The molecule has 3 N–H and O–H groups in total. The van der Waals surface area contributed by atoms with Gasteiger partial charge in [-0.25, -0.2) is 9.97 Å². The summed E-state index contributed by atoms with van der Waals surface area (Å²) in [6.07, 6.45) is 12.7. The fraction of sp³-hybridized carbons (Fsp3) is 0.625. The van der Waals surface area contributed by atoms with Crippen LogP contribution in [0, 0.1) is 0 Å². The van der Waals surface area contributed by atoms with E-state index < -0.39 is 0 Å². The molecule has 1 aliphatic heterocycles. The van der Waals surface area contributed by atoms with Gasteiger partial charge in [0.25, 0.3) is 0 Å². The molecule has 0 unspecified atom stereocenters. The summed E-state index contributed by atoms with van der Waals surface area (Å²) in [6, 6.07) is 0. The first-order chi connectivity index (χ1) is 10.3. The highest BCUT2D eigenvalue weighted by Gasteiger charge is 2.18. The van der Waals surface area contributed by atoms with E-state index in [0.29, 0.717) is 5.69 Å². The van der Waals surface area contributed by atoms with E-state index in [0.717, 1.165) is 37.7 Å². The Morgan fingerprint density at radius 1 is 1.14 bits per heavy atom. The number of nitrogen functional groups attached to an aromatic ring is 1. The van der Waals surface area contributed by atoms with Crippen molar-refractivity contribution >= 4 is 17.3 Å². The van der Waals surface area contributed by atoms with Crippen LogP contribution in [0.25, 0.3) is 0 Å². The first-order valence-corrected chi connectivity index (χ1v) is 8.12. The van der Waals surface area contributed by atoms with Gasteiger partial charge in [-0.15, -0.1) is 0 Å². The lowest BCUT2D eigenvalue weighted by Crippen LogP contribution is -2.21. The Morgan fingerprint density at radius 2 is 2.00 bits per heavy atom. The number of nitrogens with two attached hydrogens (primary N) is 1. The zero-order valence-corrected chi connectivity index (χ0v) is 12.6. The van der Waals surface area contributed by atoms with Crippen molar-refractivity contribution in [2.24, 2.45) is 0 Å². The molecule has 1 aromatic rings. The van der Waals surface area contributed by atoms with Crippen molar-refractivity contribution < 1.29 is 0 Å². The van der Waals surface area contributed by atoms with Gasteiger partial charge in [-0.2, -0.15) is 0 Å². The van der Waals surface area contributed by atoms with Gasteiger partial charge in [0.15, 0.2) is 11.6 Å². The predicted molar refractivity (Wildman–Crippen MR) is 87.5 cm³/mol. The number of allylic oxidation sites excluding steroid dienone is 1. The van der Waals surface area contributed by atoms with E-state index in [4.69, 9.17) is 5.73 Å². The highest BCUT2D eigenvalue weighted by molar-refractivity contribution is 5.75. The number of hydrogen-bond acceptors (Lipinski definition) is 5. The maximum absolute atomic E-state index is 6.24. The SMILES string of the molecule is Nc1c(NCCC2=CCCCC2)ncnc1N1CCCC1. The molecule has 1 aliphatic carbocycles. The highest BCUT2D eigenvalue weighted by atomic mass is 15.2. The molecule has 1 saturated heterocycles. The summed E-state index contributed by atoms with van der Waals surface area (Å²) >= 11 is 0. The smallest absolute Gasteiger partial charge is 0.157 e. The number of anilines is 3. The molecule has 5 heteroatoms. The van der Waals surface area contributed by atoms with Crippen molar-refractivity contribution in [2.45, 2.75) is 44.9 Å². The van der Waals surface area contributed by atoms with Crippen molar-refractivity contribution in [1.82, 2.24) is 9.97 Å². The number of nitrogens with one attached hydrogen (secondary N) is 1. The van der Waals surface area contributed by atoms with E-state index >= 15 is 0 Å². The maximum atomic E-state index is 6.24. The number of hydrogen-bond donors (Lipinski definition) is 2. The van der Waals surface area contributed by atoms with Gasteiger partial charge in [0.2, 0.25) is 0 Å². The van der Waals surface area contributed by atoms with E-state index in [1.165, 1.54) is 38.5 Å². The molecule has 0 spiro atoms. The minimum absolute atomic E-state index is 0.692. The Kier molecular flexibility index (Phi) is 4.58. The summed E-state index contributed by atoms with van der Waals surface area (Å²) < 4.78 is 0. The van der Waals surface area contributed by atoms with Crippen molar-refractivity contribution in [3.05, 3.63) is 18.0 Å². The Hall–Kier alpha value is -1.78. The number of rotatable bonds is 5. The Balaban J connectivity index is 1.60. The minimum Gasteiger partial charge on any atom is -0.393 e. The molecule has 1 aromatic heterocycles. The summed E-state index contributed by atoms with van der Waals surface area (Å²) in [7, 11) is 0. The van der Waals surface area contributed by atoms with Crippen LogP contribution in [0.5, 0.6) is 0 Å². The molecule has 0 bridgehead atoms. The van der Waals surface area contributed by atoms with E-state index in [-0.39, 0.29) is 0 Å². The largest absolute Gasteiger partial charge is 0.393 e. The van der Waals surface area contributed by atoms with Crippen LogP contribution in [0.15, 0.2) is 18.0 Å². The maximum Gasteiger partial charge on any atom is 0.157 e. The third-order valence-corrected chi connectivity index (χ3v) is 4.39. The van der Waals surface area contributed by atoms with Gasteiger partial charge in [0.1, 0.15) is 12.0 Å². The second-order valence-corrected chi connectivity index (χ2v) is 5.94. The first-order valence-electron chi connectivity index (χ1n) is 8.12. The molecule has 0 atom stereocenters. The molecule has 2 aliphatic rings. The van der Waals surface area contributed by atoms with E-state index in [9.17, 15) is 0 Å². The topological polar surface area (TPSA) is 67.1 Å². The van der Waals surface area contributed by atoms with E-state index in [1.54, 1.807) is 11.9 Å². The van der Waals surface area contributed by atoms with Crippen LogP contribution in [0.3, 0.4) is 0 Å². The molecular weight excluding hydrogens is 262 g/mol. The van der Waals surface area contributed by atoms with Crippen LogP contribution in [0.4, 0.5) is 17.3 Å². The molecule has 0 amide bonds. The van der Waals surface area contributed by atoms with Crippen LogP contribution >= 0.6 is 0 Å². The van der Waals surface area contributed by atoms with Crippen LogP contribution in [0.1, 0.15) is 44.9 Å². The zero-order chi connectivity index (χ0) is 14.5. The van der Waals surface area contributed by atoms with E-state index in [2.05, 4.69) is 26.3 Å². The lowest BCUT2D eigenvalue weighted by molar-refractivity contribution is 0.679. The van der Waals surface area contributed by atoms with Crippen molar-refractivity contribution in [1.29, 1.82) is 0 Å². The number of nitrogens with zero attached hydrogens (tertiary/aromatic N) is 3. The summed E-state index contributed by atoms with van der Waals surface area (Å²) in [4.78, 5) is 10.9. The Bertz CT molecular complexity index is 505. The van der Waals surface area contributed by atoms with Crippen LogP contribution in [-0.2, 0) is 0 Å². The third kappa shape index (κ3) is 3.46. The summed E-state index contributed by atoms with van der Waals surface area (Å²) in [5, 5.41) is 3.38. The highest BCUT2D eigenvalue weighted by Crippen LogP contribution is 2.28. The minimum atomic E-state index is 0.692. The number of aromatic nitrogens is 2. The normalized spacial score (nSPS) is 18.7. The van der Waals surface area contributed by atoms with Gasteiger partial charge in [-0.05, 0) is 44.9 Å². The average Bonchev–Trinajstić information content (AvgIpc) is 3.04. The first kappa shape index (κ1) is 14.2. The molecule has 0 aromatic carbocycles. The van der Waals surface area contributed by atoms with Gasteiger partial charge in [0.05, 0.1) is 0 Å². The lowest BCUT2D eigenvalue weighted by Gasteiger charge is -2.20. The fourth-order valence-electron chi connectivity index (χ4n) is 3.18. The average molecular weight is 287 g/mol. The Labute approximate surface area is 126 Å². The van der Waals surface area contributed by atoms with Crippen LogP contribution in [-0.4, -0.2) is 29.6 Å². The predicted octanol–water partition coefficient (Wildman–Crippen LogP) is 2.96. The van der Waals surface area contributed by atoms with E-state index in [1.807, 2.05) is 0 Å². The van der Waals surface area contributed by atoms with Gasteiger partial charge in [-0.3, -0.25) is 0 Å². The molecule has 0 radical (unpaired) electrons. The van der Waals surface area contributed by atoms with Gasteiger partial charge < -0.3 is 16.0 Å². The van der Waals surface area contributed by atoms with Crippen LogP contribution < -0.4 is 16.0 Å². The molecule has 0 saturated carbocycles. The quantitative estimate of drug-likeness (QED) is 0.815. The molecule has 3 rings (SSSR count). The van der Waals surface area contributed by atoms with Crippen molar-refractivity contribution in [2.75, 3.05) is 35.6 Å². The molecule has 114 valence electrons. The van der Waals surface area contributed by atoms with Gasteiger partial charge in [0, 0.05) is 19.6 Å². The second kappa shape index (κ2) is 6.78. The van der Waals surface area contributed by atoms with Crippen molar-refractivity contribution in [3.63, 3.8) is 0 Å². The standard InChI is InChI=1S/C16H25N5/c17-14-15(18-9-8-13-6-2-1-3-7-13)19-12-20-16(14)21-10-4-5-11-21/h6,12H,1-5,7-11,17H2,(H,18,19,20). The zero-order valence-electron chi connectivity index (χ0n) is 12.6. The van der Waals surface area contributed by atoms with Gasteiger partial charge in [-0.1, -0.05) is 11.6 Å². The molecule has 1 fully saturated rings. The fourth-order valence-corrected chi connectivity index (χ4v) is 3.18. The summed E-state index contributed by atoms with van der Waals surface area (Å²) in [5.74, 6) is 1.67. The Morgan fingerprint density at radius 3 is 2.76 bits per heavy atom. The lowest BCUT2D eigenvalue weighted by atomic mass is 9.97. The van der Waals surface area contributed by atoms with Crippen LogP contribution in [0.2, 0.25) is 0 Å². The molecule has 5 nitrogen and oxygen atoms in total. The molecular formula is C16H25N5. The molecule has 2 heterocycles. The second-order valence-electron chi connectivity index (χ2n) is 5.94. The molecule has 21 heavy (non-hydrogen) atoms. The third-order valence-electron chi connectivity index (χ3n) is 4.39. The van der Waals surface area contributed by atoms with Gasteiger partial charge >= 0.3 is 0 Å².